The Morgan fingerprint density at radius 3 is 2.35 bits per heavy atom. The van der Waals surface area contributed by atoms with Crippen LogP contribution in [0.15, 0.2) is 18.2 Å². The summed E-state index contributed by atoms with van der Waals surface area (Å²) in [4.78, 5) is 22.5. The van der Waals surface area contributed by atoms with Gasteiger partial charge in [-0.25, -0.2) is 13.8 Å². The fourth-order valence-corrected chi connectivity index (χ4v) is 3.94. The molecule has 1 N–H and O–H groups in total. The lowest BCUT2D eigenvalue weighted by Crippen LogP contribution is -2.44. The van der Waals surface area contributed by atoms with Crippen molar-refractivity contribution in [3.63, 3.8) is 0 Å². The lowest BCUT2D eigenvalue weighted by atomic mass is 10.1. The maximum absolute atomic E-state index is 13.4. The molecule has 1 aromatic carbocycles. The molecule has 0 aliphatic carbocycles. The van der Waals surface area contributed by atoms with Crippen LogP contribution in [0.3, 0.4) is 0 Å². The summed E-state index contributed by atoms with van der Waals surface area (Å²) in [5.41, 5.74) is 0.403. The van der Waals surface area contributed by atoms with E-state index in [1.807, 2.05) is 13.8 Å². The van der Waals surface area contributed by atoms with Gasteiger partial charge >= 0.3 is 0 Å². The summed E-state index contributed by atoms with van der Waals surface area (Å²) in [5.74, 6) is -1.80. The normalized spacial score (nSPS) is 15.5. The van der Waals surface area contributed by atoms with Crippen molar-refractivity contribution in [1.29, 1.82) is 0 Å². The highest BCUT2D eigenvalue weighted by Gasteiger charge is 2.24. The molecule has 26 heavy (non-hydrogen) atoms. The van der Waals surface area contributed by atoms with Crippen LogP contribution in [0.5, 0.6) is 0 Å². The summed E-state index contributed by atoms with van der Waals surface area (Å²) in [5, 5.41) is 3.37. The van der Waals surface area contributed by atoms with E-state index in [-0.39, 0.29) is 11.6 Å². The van der Waals surface area contributed by atoms with E-state index in [4.69, 9.17) is 0 Å². The molecule has 0 saturated carbocycles. The molecular weight excluding hydrogens is 358 g/mol. The zero-order chi connectivity index (χ0) is 18.8. The van der Waals surface area contributed by atoms with E-state index in [1.165, 1.54) is 11.3 Å². The fourth-order valence-electron chi connectivity index (χ4n) is 2.82. The molecule has 0 radical (unpaired) electrons. The number of piperazine rings is 1. The predicted molar refractivity (Wildman–Crippen MR) is 100 cm³/mol. The highest BCUT2D eigenvalue weighted by atomic mass is 32.1. The number of hydrogen-bond donors (Lipinski definition) is 1. The lowest BCUT2D eigenvalue weighted by Gasteiger charge is -2.32. The molecule has 5 nitrogen and oxygen atoms in total. The van der Waals surface area contributed by atoms with Crippen molar-refractivity contribution in [2.24, 2.45) is 0 Å². The average Bonchev–Trinajstić information content (AvgIpc) is 3.00. The number of hydrogen-bond acceptors (Lipinski definition) is 5. The molecule has 3 rings (SSSR count). The first-order valence-corrected chi connectivity index (χ1v) is 9.37. The first-order chi connectivity index (χ1) is 12.3. The highest BCUT2D eigenvalue weighted by Crippen LogP contribution is 2.33. The van der Waals surface area contributed by atoms with Crippen LogP contribution >= 0.6 is 11.3 Å². The van der Waals surface area contributed by atoms with Crippen molar-refractivity contribution in [2.75, 3.05) is 43.4 Å². The number of nitrogens with one attached hydrogen (secondary N) is 1. The number of benzene rings is 1. The van der Waals surface area contributed by atoms with Crippen LogP contribution < -0.4 is 10.2 Å². The van der Waals surface area contributed by atoms with Gasteiger partial charge in [0.1, 0.15) is 17.3 Å². The Labute approximate surface area is 155 Å². The largest absolute Gasteiger partial charge is 0.346 e. The fraction of sp³-hybridized carbons (Fsp3) is 0.444. The first-order valence-electron chi connectivity index (χ1n) is 8.55. The SMILES string of the molecule is CC(C)c1sc(N2CCN(C)CC2)nc1C(=O)Nc1cc(F)cc(F)c1. The van der Waals surface area contributed by atoms with Gasteiger partial charge < -0.3 is 15.1 Å². The third kappa shape index (κ3) is 4.19. The van der Waals surface area contributed by atoms with E-state index in [0.717, 1.165) is 54.4 Å². The molecule has 0 atom stereocenters. The molecule has 140 valence electrons. The molecular formula is C18H22F2N4OS. The summed E-state index contributed by atoms with van der Waals surface area (Å²) >= 11 is 1.51. The molecule has 0 spiro atoms. The van der Waals surface area contributed by atoms with Crippen LogP contribution in [-0.2, 0) is 0 Å². The van der Waals surface area contributed by atoms with Crippen LogP contribution in [0, 0.1) is 11.6 Å². The van der Waals surface area contributed by atoms with E-state index < -0.39 is 17.5 Å². The van der Waals surface area contributed by atoms with E-state index in [0.29, 0.717) is 5.69 Å². The third-order valence-corrected chi connectivity index (χ3v) is 5.69. The van der Waals surface area contributed by atoms with Crippen molar-refractivity contribution in [3.8, 4) is 0 Å². The summed E-state index contributed by atoms with van der Waals surface area (Å²) in [6.07, 6.45) is 0. The monoisotopic (exact) mass is 380 g/mol. The molecule has 2 aromatic rings. The zero-order valence-electron chi connectivity index (χ0n) is 15.1. The van der Waals surface area contributed by atoms with Crippen LogP contribution in [0.25, 0.3) is 0 Å². The molecule has 2 heterocycles. The van der Waals surface area contributed by atoms with E-state index in [2.05, 4.69) is 27.1 Å². The van der Waals surface area contributed by atoms with Crippen LogP contribution in [0.2, 0.25) is 0 Å². The van der Waals surface area contributed by atoms with Crippen molar-refractivity contribution in [3.05, 3.63) is 40.4 Å². The van der Waals surface area contributed by atoms with Gasteiger partial charge in [0.15, 0.2) is 5.13 Å². The molecule has 1 amide bonds. The Hall–Kier alpha value is -2.06. The molecule has 1 fully saturated rings. The van der Waals surface area contributed by atoms with Gasteiger partial charge in [0, 0.05) is 42.8 Å². The van der Waals surface area contributed by atoms with Gasteiger partial charge in [-0.3, -0.25) is 4.79 Å². The predicted octanol–water partition coefficient (Wildman–Crippen LogP) is 3.55. The average molecular weight is 380 g/mol. The maximum atomic E-state index is 13.4. The minimum absolute atomic E-state index is 0.0800. The number of likely N-dealkylation sites (N-methyl/N-ethyl adjacent to an activating group) is 1. The van der Waals surface area contributed by atoms with Crippen molar-refractivity contribution in [2.45, 2.75) is 19.8 Å². The Morgan fingerprint density at radius 2 is 1.77 bits per heavy atom. The summed E-state index contributed by atoms with van der Waals surface area (Å²) in [6, 6.07) is 2.94. The Morgan fingerprint density at radius 1 is 1.15 bits per heavy atom. The second-order valence-electron chi connectivity index (χ2n) is 6.77. The Kier molecular flexibility index (Phi) is 5.52. The Bertz CT molecular complexity index is 780. The smallest absolute Gasteiger partial charge is 0.275 e. The Balaban J connectivity index is 1.84. The van der Waals surface area contributed by atoms with Crippen molar-refractivity contribution in [1.82, 2.24) is 9.88 Å². The number of aromatic nitrogens is 1. The summed E-state index contributed by atoms with van der Waals surface area (Å²) in [6.45, 7) is 7.61. The number of carbonyl (C=O) groups is 1. The third-order valence-electron chi connectivity index (χ3n) is 4.28. The number of carbonyl (C=O) groups excluding carboxylic acids is 1. The zero-order valence-corrected chi connectivity index (χ0v) is 15.9. The van der Waals surface area contributed by atoms with Crippen LogP contribution in [-0.4, -0.2) is 49.0 Å². The maximum Gasteiger partial charge on any atom is 0.275 e. The lowest BCUT2D eigenvalue weighted by molar-refractivity contribution is 0.102. The second-order valence-corrected chi connectivity index (χ2v) is 7.78. The number of nitrogens with zero attached hydrogens (tertiary/aromatic N) is 3. The topological polar surface area (TPSA) is 48.5 Å². The molecule has 1 aromatic heterocycles. The van der Waals surface area contributed by atoms with Crippen molar-refractivity contribution < 1.29 is 13.6 Å². The molecule has 8 heteroatoms. The summed E-state index contributed by atoms with van der Waals surface area (Å²) in [7, 11) is 2.08. The molecule has 1 aliphatic heterocycles. The van der Waals surface area contributed by atoms with E-state index in [9.17, 15) is 13.6 Å². The molecule has 0 unspecified atom stereocenters. The van der Waals surface area contributed by atoms with Gasteiger partial charge in [0.2, 0.25) is 0 Å². The molecule has 1 aliphatic rings. The number of rotatable bonds is 4. The van der Waals surface area contributed by atoms with Gasteiger partial charge in [-0.05, 0) is 25.1 Å². The quantitative estimate of drug-likeness (QED) is 0.881. The van der Waals surface area contributed by atoms with Crippen LogP contribution in [0.1, 0.15) is 35.1 Å². The number of anilines is 2. The van der Waals surface area contributed by atoms with Gasteiger partial charge in [-0.15, -0.1) is 11.3 Å². The van der Waals surface area contributed by atoms with Gasteiger partial charge in [-0.2, -0.15) is 0 Å². The molecule has 1 saturated heterocycles. The van der Waals surface area contributed by atoms with E-state index in [1.54, 1.807) is 0 Å². The number of amides is 1. The highest BCUT2D eigenvalue weighted by molar-refractivity contribution is 7.16. The number of halogens is 2. The van der Waals surface area contributed by atoms with Crippen LogP contribution in [0.4, 0.5) is 19.6 Å². The number of thiazole rings is 1. The van der Waals surface area contributed by atoms with Crippen molar-refractivity contribution >= 4 is 28.1 Å². The second kappa shape index (κ2) is 7.67. The minimum atomic E-state index is -0.735. The van der Waals surface area contributed by atoms with Gasteiger partial charge in [0.05, 0.1) is 0 Å². The standard InChI is InChI=1S/C18H22F2N4OS/c1-11(2)16-15(17(25)21-14-9-12(19)8-13(20)10-14)22-18(26-16)24-6-4-23(3)5-7-24/h8-11H,4-7H2,1-3H3,(H,21,25). The molecule has 0 bridgehead atoms. The van der Waals surface area contributed by atoms with E-state index >= 15 is 0 Å². The van der Waals surface area contributed by atoms with Gasteiger partial charge in [-0.1, -0.05) is 13.8 Å². The summed E-state index contributed by atoms with van der Waals surface area (Å²) < 4.78 is 26.7. The minimum Gasteiger partial charge on any atom is -0.346 e. The van der Waals surface area contributed by atoms with Gasteiger partial charge in [0.25, 0.3) is 5.91 Å². The first kappa shape index (κ1) is 18.7.